The number of carbonyl (C=O) groups excluding carboxylic acids is 1. The molecule has 140 valence electrons. The lowest BCUT2D eigenvalue weighted by atomic mass is 9.94. The minimum absolute atomic E-state index is 0.00492. The molecule has 4 rings (SSSR count). The first kappa shape index (κ1) is 17.2. The number of fused-ring (bicyclic) bond motifs is 1. The third-order valence-corrected chi connectivity index (χ3v) is 5.52. The summed E-state index contributed by atoms with van der Waals surface area (Å²) in [6.07, 6.45) is 4.31. The highest BCUT2D eigenvalue weighted by Crippen LogP contribution is 2.42. The monoisotopic (exact) mass is 370 g/mol. The van der Waals surface area contributed by atoms with Crippen LogP contribution in [-0.2, 0) is 4.79 Å². The summed E-state index contributed by atoms with van der Waals surface area (Å²) in [5.41, 5.74) is 0.512. The number of non-ortho nitro benzene ring substituents is 1. The van der Waals surface area contributed by atoms with Crippen LogP contribution in [0, 0.1) is 22.0 Å². The molecule has 1 amide bonds. The van der Waals surface area contributed by atoms with Crippen molar-refractivity contribution in [2.75, 3.05) is 6.54 Å². The molecule has 1 aromatic carbocycles. The zero-order chi connectivity index (χ0) is 19.1. The van der Waals surface area contributed by atoms with E-state index >= 15 is 0 Å². The zero-order valence-electron chi connectivity index (χ0n) is 14.4. The second-order valence-corrected chi connectivity index (χ2v) is 7.02. The molecule has 9 heteroatoms. The standard InChI is InChI=1S/C18H18N4O5/c23-17(20-10-11-3-1-6-14(11)16(20)18(24)25)15-7-8-21(19-15)12-4-2-5-13(9-12)22(26)27/h2,4-5,7-9,11,14,16H,1,3,6,10H2,(H,24,25). The molecule has 2 heterocycles. The van der Waals surface area contributed by atoms with Gasteiger partial charge >= 0.3 is 5.97 Å². The molecule has 2 aromatic rings. The number of likely N-dealkylation sites (tertiary alicyclic amines) is 1. The maximum Gasteiger partial charge on any atom is 0.326 e. The number of aliphatic carboxylic acids is 1. The summed E-state index contributed by atoms with van der Waals surface area (Å²) in [6.45, 7) is 0.435. The van der Waals surface area contributed by atoms with Gasteiger partial charge in [-0.25, -0.2) is 9.48 Å². The van der Waals surface area contributed by atoms with Crippen LogP contribution in [0.1, 0.15) is 29.8 Å². The molecule has 1 saturated carbocycles. The molecule has 9 nitrogen and oxygen atoms in total. The molecule has 1 aliphatic carbocycles. The van der Waals surface area contributed by atoms with Crippen molar-refractivity contribution in [1.82, 2.24) is 14.7 Å². The average Bonchev–Trinajstić information content (AvgIpc) is 3.36. The van der Waals surface area contributed by atoms with Crippen molar-refractivity contribution in [2.45, 2.75) is 25.3 Å². The van der Waals surface area contributed by atoms with Crippen molar-refractivity contribution in [1.29, 1.82) is 0 Å². The summed E-state index contributed by atoms with van der Waals surface area (Å²) in [5.74, 6) is -1.16. The van der Waals surface area contributed by atoms with E-state index in [1.807, 2.05) is 0 Å². The molecule has 0 radical (unpaired) electrons. The maximum absolute atomic E-state index is 12.9. The van der Waals surface area contributed by atoms with Crippen molar-refractivity contribution >= 4 is 17.6 Å². The highest BCUT2D eigenvalue weighted by Gasteiger charge is 2.49. The molecule has 3 unspecified atom stereocenters. The average molecular weight is 370 g/mol. The van der Waals surface area contributed by atoms with Gasteiger partial charge in [0.15, 0.2) is 5.69 Å². The fraction of sp³-hybridized carbons (Fsp3) is 0.389. The molecule has 2 fully saturated rings. The van der Waals surface area contributed by atoms with E-state index < -0.39 is 22.8 Å². The Balaban J connectivity index is 1.60. The Kier molecular flexibility index (Phi) is 4.14. The van der Waals surface area contributed by atoms with Crippen molar-refractivity contribution in [3.63, 3.8) is 0 Å². The zero-order valence-corrected chi connectivity index (χ0v) is 14.4. The van der Waals surface area contributed by atoms with Crippen LogP contribution in [0.15, 0.2) is 36.5 Å². The number of hydrogen-bond acceptors (Lipinski definition) is 5. The number of benzene rings is 1. The number of rotatable bonds is 4. The number of carboxylic acids is 1. The Morgan fingerprint density at radius 1 is 1.26 bits per heavy atom. The summed E-state index contributed by atoms with van der Waals surface area (Å²) in [7, 11) is 0. The predicted octanol–water partition coefficient (Wildman–Crippen LogP) is 2.11. The van der Waals surface area contributed by atoms with E-state index in [0.717, 1.165) is 19.3 Å². The van der Waals surface area contributed by atoms with Gasteiger partial charge in [0.1, 0.15) is 6.04 Å². The smallest absolute Gasteiger partial charge is 0.326 e. The van der Waals surface area contributed by atoms with Crippen LogP contribution >= 0.6 is 0 Å². The van der Waals surface area contributed by atoms with E-state index in [0.29, 0.717) is 12.2 Å². The van der Waals surface area contributed by atoms with Crippen molar-refractivity contribution in [2.24, 2.45) is 11.8 Å². The summed E-state index contributed by atoms with van der Waals surface area (Å²) in [5, 5.41) is 24.8. The molecule has 2 aliphatic rings. The van der Waals surface area contributed by atoms with Crippen molar-refractivity contribution in [3.8, 4) is 5.69 Å². The highest BCUT2D eigenvalue weighted by atomic mass is 16.6. The van der Waals surface area contributed by atoms with Gasteiger partial charge in [-0.2, -0.15) is 5.10 Å². The van der Waals surface area contributed by atoms with E-state index in [1.54, 1.807) is 18.3 Å². The molecular formula is C18H18N4O5. The molecule has 3 atom stereocenters. The van der Waals surface area contributed by atoms with Crippen LogP contribution in [0.4, 0.5) is 5.69 Å². The van der Waals surface area contributed by atoms with Gasteiger partial charge in [0.05, 0.1) is 10.6 Å². The fourth-order valence-electron chi connectivity index (χ4n) is 4.31. The van der Waals surface area contributed by atoms with Crippen LogP contribution in [-0.4, -0.2) is 49.2 Å². The SMILES string of the molecule is O=C(O)C1C2CCCC2CN1C(=O)c1ccn(-c2cccc([N+](=O)[O-])c2)n1. The van der Waals surface area contributed by atoms with Crippen LogP contribution in [0.2, 0.25) is 0 Å². The number of aromatic nitrogens is 2. The van der Waals surface area contributed by atoms with Crippen LogP contribution in [0.3, 0.4) is 0 Å². The molecule has 27 heavy (non-hydrogen) atoms. The summed E-state index contributed by atoms with van der Waals surface area (Å²) in [4.78, 5) is 36.5. The third kappa shape index (κ3) is 2.94. The van der Waals surface area contributed by atoms with Crippen molar-refractivity contribution < 1.29 is 19.6 Å². The maximum atomic E-state index is 12.9. The van der Waals surface area contributed by atoms with Crippen LogP contribution < -0.4 is 0 Å². The van der Waals surface area contributed by atoms with E-state index in [-0.39, 0.29) is 23.2 Å². The molecule has 1 saturated heterocycles. The van der Waals surface area contributed by atoms with Gasteiger partial charge in [-0.15, -0.1) is 0 Å². The van der Waals surface area contributed by atoms with E-state index in [2.05, 4.69) is 5.10 Å². The summed E-state index contributed by atoms with van der Waals surface area (Å²) >= 11 is 0. The van der Waals surface area contributed by atoms with Gasteiger partial charge in [0, 0.05) is 24.9 Å². The molecular weight excluding hydrogens is 352 g/mol. The molecule has 0 bridgehead atoms. The van der Waals surface area contributed by atoms with Gasteiger partial charge in [-0.3, -0.25) is 14.9 Å². The van der Waals surface area contributed by atoms with E-state index in [9.17, 15) is 24.8 Å². The summed E-state index contributed by atoms with van der Waals surface area (Å²) < 4.78 is 1.38. The minimum Gasteiger partial charge on any atom is -0.480 e. The molecule has 1 N–H and O–H groups in total. The highest BCUT2D eigenvalue weighted by molar-refractivity contribution is 5.95. The number of amides is 1. The third-order valence-electron chi connectivity index (χ3n) is 5.52. The van der Waals surface area contributed by atoms with Gasteiger partial charge in [-0.1, -0.05) is 12.5 Å². The number of nitrogens with zero attached hydrogens (tertiary/aromatic N) is 4. The number of nitro groups is 1. The second kappa shape index (κ2) is 6.49. The van der Waals surface area contributed by atoms with Gasteiger partial charge < -0.3 is 10.0 Å². The van der Waals surface area contributed by atoms with Crippen LogP contribution in [0.25, 0.3) is 5.69 Å². The van der Waals surface area contributed by atoms with E-state index in [4.69, 9.17) is 0 Å². The lowest BCUT2D eigenvalue weighted by molar-refractivity contribution is -0.384. The molecule has 1 aromatic heterocycles. The lowest BCUT2D eigenvalue weighted by Crippen LogP contribution is -2.43. The molecule has 1 aliphatic heterocycles. The number of carbonyl (C=O) groups is 2. The summed E-state index contributed by atoms with van der Waals surface area (Å²) in [6, 6.07) is 6.62. The number of hydrogen-bond donors (Lipinski definition) is 1. The predicted molar refractivity (Wildman–Crippen MR) is 93.5 cm³/mol. The number of nitro benzene ring substituents is 1. The first-order chi connectivity index (χ1) is 13.0. The quantitative estimate of drug-likeness (QED) is 0.650. The largest absolute Gasteiger partial charge is 0.480 e. The van der Waals surface area contributed by atoms with E-state index in [1.165, 1.54) is 27.8 Å². The Labute approximate surface area is 154 Å². The Bertz CT molecular complexity index is 924. The lowest BCUT2D eigenvalue weighted by Gasteiger charge is -2.23. The van der Waals surface area contributed by atoms with Gasteiger partial charge in [-0.05, 0) is 36.8 Å². The normalized spacial score (nSPS) is 24.0. The Morgan fingerprint density at radius 2 is 2.07 bits per heavy atom. The van der Waals surface area contributed by atoms with Gasteiger partial charge in [0.25, 0.3) is 11.6 Å². The Hall–Kier alpha value is -3.23. The van der Waals surface area contributed by atoms with Crippen LogP contribution in [0.5, 0.6) is 0 Å². The first-order valence-corrected chi connectivity index (χ1v) is 8.80. The fourth-order valence-corrected chi connectivity index (χ4v) is 4.31. The molecule has 0 spiro atoms. The minimum atomic E-state index is -0.976. The number of carboxylic acid groups (broad SMARTS) is 1. The second-order valence-electron chi connectivity index (χ2n) is 7.02. The van der Waals surface area contributed by atoms with Crippen molar-refractivity contribution in [3.05, 3.63) is 52.3 Å². The van der Waals surface area contributed by atoms with Gasteiger partial charge in [0.2, 0.25) is 0 Å². The topological polar surface area (TPSA) is 119 Å². The Morgan fingerprint density at radius 3 is 2.81 bits per heavy atom. The first-order valence-electron chi connectivity index (χ1n) is 8.80.